The van der Waals surface area contributed by atoms with Gasteiger partial charge in [-0.3, -0.25) is 57.9 Å². The molecule has 1 aliphatic heterocycles. The highest BCUT2D eigenvalue weighted by atomic mass is 16.4. The maximum Gasteiger partial charge on any atom is 0.328 e. The fourth-order valence-corrected chi connectivity index (χ4v) is 8.48. The Kier molecular flexibility index (Phi) is 29.6. The first-order valence-corrected chi connectivity index (χ1v) is 26.7. The number of H-pyrrole nitrogens is 1. The number of likely N-dealkylation sites (tertiary alicyclic amines) is 1. The van der Waals surface area contributed by atoms with Crippen molar-refractivity contribution in [2.45, 2.75) is 179 Å². The smallest absolute Gasteiger partial charge is 0.328 e. The van der Waals surface area contributed by atoms with Crippen LogP contribution >= 0.6 is 0 Å². The number of hydrogen-bond acceptors (Lipinski definition) is 16. The fraction of sp³-hybridized carbons (Fsp3) is 0.673. The molecule has 0 spiro atoms. The average molecular weight is 1150 g/mol. The summed E-state index contributed by atoms with van der Waals surface area (Å²) in [5, 5.41) is 47.1. The standard InChI is InChI=1S/C49H84N18O14/c1-6-25(4)37(65-43(76)32(21-27-22-56-23-59-27)63-39(72)28(50)13-15-35(51)69)45(78)62-29(10-7-17-57-48(52)53)40(73)60-31(14-16-36(70)71)41(74)64-33(20-24(2)3)46(79)67-19-9-12-34(67)44(77)61-30(11-8-18-58-49(54)55)42(75)66-38(26(5)68)47(80)81/h22-26,28-34,37-38,68H,6-21,50H2,1-5H3,(H2,51,69)(H,56,59)(H,60,73)(H,61,77)(H,62,78)(H,63,72)(H,64,74)(H,65,76)(H,66,75)(H,70,71)(H,80,81)(H4,52,53,57)(H4,54,55,58)/t25-,26+,28-,29-,30-,31-,32-,33-,34-,37-,38-/m0/s1. The Morgan fingerprint density at radius 3 is 1.70 bits per heavy atom. The van der Waals surface area contributed by atoms with Crippen molar-refractivity contribution in [2.24, 2.45) is 56.2 Å². The Hall–Kier alpha value is -8.16. The molecule has 9 amide bonds. The molecule has 32 heteroatoms. The van der Waals surface area contributed by atoms with Crippen LogP contribution in [0.1, 0.15) is 117 Å². The van der Waals surface area contributed by atoms with E-state index in [0.29, 0.717) is 18.5 Å². The molecule has 1 fully saturated rings. The predicted molar refractivity (Wildman–Crippen MR) is 292 cm³/mol. The Balaban J connectivity index is 2.48. The molecule has 81 heavy (non-hydrogen) atoms. The zero-order chi connectivity index (χ0) is 61.1. The van der Waals surface area contributed by atoms with E-state index in [4.69, 9.17) is 34.4 Å². The summed E-state index contributed by atoms with van der Waals surface area (Å²) in [5.41, 5.74) is 33.5. The number of carboxylic acids is 2. The zero-order valence-electron chi connectivity index (χ0n) is 46.5. The average Bonchev–Trinajstić information content (AvgIpc) is 4.11. The number of hydrogen-bond donors (Lipinski definition) is 17. The number of aromatic nitrogens is 2. The van der Waals surface area contributed by atoms with Gasteiger partial charge in [-0.15, -0.1) is 0 Å². The van der Waals surface area contributed by atoms with Crippen LogP contribution in [0.15, 0.2) is 22.5 Å². The molecular weight excluding hydrogens is 1060 g/mol. The molecule has 0 bridgehead atoms. The quantitative estimate of drug-likeness (QED) is 0.0168. The number of rotatable bonds is 37. The van der Waals surface area contributed by atoms with Crippen molar-refractivity contribution in [1.29, 1.82) is 0 Å². The van der Waals surface area contributed by atoms with Gasteiger partial charge in [-0.25, -0.2) is 9.78 Å². The largest absolute Gasteiger partial charge is 0.481 e. The first-order chi connectivity index (χ1) is 38.1. The number of nitrogens with zero attached hydrogens (tertiary/aromatic N) is 4. The number of carboxylic acid groups (broad SMARTS) is 2. The number of nitrogens with one attached hydrogen (secondary N) is 8. The third-order valence-electron chi connectivity index (χ3n) is 13.1. The Morgan fingerprint density at radius 2 is 1.20 bits per heavy atom. The van der Waals surface area contributed by atoms with Crippen molar-refractivity contribution < 1.29 is 68.1 Å². The molecule has 1 aromatic rings. The highest BCUT2D eigenvalue weighted by molar-refractivity contribution is 5.98. The first kappa shape index (κ1) is 68.9. The van der Waals surface area contributed by atoms with Crippen LogP contribution in [0.5, 0.6) is 0 Å². The van der Waals surface area contributed by atoms with Crippen molar-refractivity contribution >= 4 is 77.0 Å². The summed E-state index contributed by atoms with van der Waals surface area (Å²) in [5.74, 6) is -11.9. The molecule has 0 radical (unpaired) electrons. The molecule has 1 aliphatic rings. The number of carbonyl (C=O) groups is 11. The monoisotopic (exact) mass is 1150 g/mol. The van der Waals surface area contributed by atoms with Gasteiger partial charge in [-0.1, -0.05) is 34.1 Å². The third-order valence-corrected chi connectivity index (χ3v) is 13.1. The lowest BCUT2D eigenvalue weighted by molar-refractivity contribution is -0.145. The lowest BCUT2D eigenvalue weighted by Gasteiger charge is -2.32. The second-order valence-electron chi connectivity index (χ2n) is 20.3. The van der Waals surface area contributed by atoms with Crippen LogP contribution in [-0.4, -0.2) is 187 Å². The van der Waals surface area contributed by atoms with Gasteiger partial charge in [-0.2, -0.15) is 0 Å². The molecular formula is C49H84N18O14. The van der Waals surface area contributed by atoms with E-state index in [1.807, 2.05) is 0 Å². The van der Waals surface area contributed by atoms with Gasteiger partial charge in [0.05, 0.1) is 18.5 Å². The van der Waals surface area contributed by atoms with E-state index in [1.165, 1.54) is 17.4 Å². The van der Waals surface area contributed by atoms with E-state index in [9.17, 15) is 68.1 Å². The number of nitrogens with two attached hydrogens (primary N) is 6. The summed E-state index contributed by atoms with van der Waals surface area (Å²) >= 11 is 0. The molecule has 11 atom stereocenters. The normalized spacial score (nSPS) is 16.7. The van der Waals surface area contributed by atoms with Crippen LogP contribution in [0.3, 0.4) is 0 Å². The van der Waals surface area contributed by atoms with Crippen molar-refractivity contribution in [3.8, 4) is 0 Å². The first-order valence-electron chi connectivity index (χ1n) is 26.7. The van der Waals surface area contributed by atoms with Crippen molar-refractivity contribution in [2.75, 3.05) is 19.6 Å². The maximum atomic E-state index is 14.5. The van der Waals surface area contributed by atoms with Gasteiger partial charge in [-0.05, 0) is 76.5 Å². The minimum absolute atomic E-state index is 0.0124. The molecule has 0 unspecified atom stereocenters. The SMILES string of the molecule is CC[C@H](C)[C@H](NC(=O)[C@H](Cc1cnc[nH]1)NC(=O)[C@@H](N)CCC(N)=O)C(=O)N[C@@H](CCCN=C(N)N)C(=O)N[C@@H](CCC(=O)O)C(=O)N[C@@H](CC(C)C)C(=O)N1CCC[C@H]1C(=O)N[C@@H](CCCN=C(N)N)C(=O)N[C@H](C(=O)O)[C@@H](C)O. The number of aliphatic imine (C=N–C) groups is 2. The van der Waals surface area contributed by atoms with Crippen LogP contribution in [0, 0.1) is 11.8 Å². The summed E-state index contributed by atoms with van der Waals surface area (Å²) in [4.78, 5) is 163. The lowest BCUT2D eigenvalue weighted by atomic mass is 9.96. The summed E-state index contributed by atoms with van der Waals surface area (Å²) < 4.78 is 0. The molecule has 23 N–H and O–H groups in total. The molecule has 1 saturated heterocycles. The molecule has 2 heterocycles. The van der Waals surface area contributed by atoms with E-state index < -0.39 is 144 Å². The summed E-state index contributed by atoms with van der Waals surface area (Å²) in [6.45, 7) is 8.06. The van der Waals surface area contributed by atoms with E-state index in [-0.39, 0.29) is 95.3 Å². The molecule has 0 aromatic carbocycles. The van der Waals surface area contributed by atoms with Gasteiger partial charge < -0.3 is 96.8 Å². The summed E-state index contributed by atoms with van der Waals surface area (Å²) in [6.07, 6.45) is 0.252. The number of aliphatic hydroxyl groups is 1. The molecule has 0 saturated carbocycles. The minimum atomic E-state index is -1.74. The van der Waals surface area contributed by atoms with E-state index >= 15 is 0 Å². The van der Waals surface area contributed by atoms with Gasteiger partial charge in [0.1, 0.15) is 42.3 Å². The second kappa shape index (κ2) is 34.8. The third kappa shape index (κ3) is 24.8. The van der Waals surface area contributed by atoms with E-state index in [0.717, 1.165) is 6.92 Å². The van der Waals surface area contributed by atoms with Crippen LogP contribution in [0.25, 0.3) is 0 Å². The van der Waals surface area contributed by atoms with Crippen LogP contribution in [0.2, 0.25) is 0 Å². The predicted octanol–water partition coefficient (Wildman–Crippen LogP) is -5.54. The highest BCUT2D eigenvalue weighted by Crippen LogP contribution is 2.22. The van der Waals surface area contributed by atoms with Crippen molar-refractivity contribution in [1.82, 2.24) is 52.1 Å². The topological polar surface area (TPSA) is 545 Å². The fourth-order valence-electron chi connectivity index (χ4n) is 8.48. The number of guanidine groups is 2. The molecule has 2 rings (SSSR count). The van der Waals surface area contributed by atoms with E-state index in [2.05, 4.69) is 57.2 Å². The van der Waals surface area contributed by atoms with Gasteiger partial charge in [0, 0.05) is 50.8 Å². The second-order valence-corrected chi connectivity index (χ2v) is 20.3. The van der Waals surface area contributed by atoms with Gasteiger partial charge in [0.25, 0.3) is 0 Å². The highest BCUT2D eigenvalue weighted by Gasteiger charge is 2.41. The van der Waals surface area contributed by atoms with Crippen LogP contribution in [0.4, 0.5) is 0 Å². The van der Waals surface area contributed by atoms with Crippen LogP contribution in [-0.2, 0) is 59.2 Å². The molecule has 1 aromatic heterocycles. The number of amides is 9. The van der Waals surface area contributed by atoms with Gasteiger partial charge in [0.2, 0.25) is 53.2 Å². The number of imidazole rings is 1. The Labute approximate surface area is 468 Å². The number of aliphatic hydroxyl groups excluding tert-OH is 1. The van der Waals surface area contributed by atoms with Crippen LogP contribution < -0.4 is 71.6 Å². The molecule has 0 aliphatic carbocycles. The number of carbonyl (C=O) groups excluding carboxylic acids is 9. The van der Waals surface area contributed by atoms with Crippen molar-refractivity contribution in [3.63, 3.8) is 0 Å². The Bertz CT molecular complexity index is 2360. The number of aromatic amines is 1. The summed E-state index contributed by atoms with van der Waals surface area (Å²) in [7, 11) is 0. The van der Waals surface area contributed by atoms with E-state index in [1.54, 1.807) is 27.7 Å². The lowest BCUT2D eigenvalue weighted by Crippen LogP contribution is -2.61. The van der Waals surface area contributed by atoms with Crippen molar-refractivity contribution in [3.05, 3.63) is 18.2 Å². The Morgan fingerprint density at radius 1 is 0.679 bits per heavy atom. The maximum absolute atomic E-state index is 14.5. The zero-order valence-corrected chi connectivity index (χ0v) is 46.5. The molecule has 32 nitrogen and oxygen atoms in total. The van der Waals surface area contributed by atoms with Gasteiger partial charge >= 0.3 is 11.9 Å². The number of aliphatic carboxylic acids is 2. The number of primary amides is 1. The molecule has 454 valence electrons. The van der Waals surface area contributed by atoms with Gasteiger partial charge in [0.15, 0.2) is 18.0 Å². The minimum Gasteiger partial charge on any atom is -0.481 e. The summed E-state index contributed by atoms with van der Waals surface area (Å²) in [6, 6.07) is -12.7.